The summed E-state index contributed by atoms with van der Waals surface area (Å²) in [6.07, 6.45) is 2.09. The van der Waals surface area contributed by atoms with E-state index in [1.165, 1.54) is 0 Å². The summed E-state index contributed by atoms with van der Waals surface area (Å²) in [5, 5.41) is 0. The zero-order chi connectivity index (χ0) is 12.6. The Hall–Kier alpha value is -1.20. The molecular formula is C12H18N2O3. The van der Waals surface area contributed by atoms with Gasteiger partial charge in [0.05, 0.1) is 5.69 Å². The van der Waals surface area contributed by atoms with Crippen LogP contribution in [0.2, 0.25) is 0 Å². The van der Waals surface area contributed by atoms with Crippen LogP contribution >= 0.6 is 0 Å². The largest absolute Gasteiger partial charge is 0.321 e. The lowest BCUT2D eigenvalue weighted by Crippen LogP contribution is -2.45. The number of H-pyrrole nitrogens is 1. The van der Waals surface area contributed by atoms with Gasteiger partial charge in [0.2, 0.25) is 0 Å². The van der Waals surface area contributed by atoms with Gasteiger partial charge >= 0.3 is 0 Å². The van der Waals surface area contributed by atoms with Crippen LogP contribution in [0.3, 0.4) is 0 Å². The van der Waals surface area contributed by atoms with Crippen molar-refractivity contribution >= 4 is 0 Å². The summed E-state index contributed by atoms with van der Waals surface area (Å²) in [7, 11) is 0. The first-order valence-corrected chi connectivity index (χ1v) is 5.82. The molecule has 1 saturated heterocycles. The molecule has 17 heavy (non-hydrogen) atoms. The maximum atomic E-state index is 11.8. The van der Waals surface area contributed by atoms with Gasteiger partial charge < -0.3 is 4.98 Å². The van der Waals surface area contributed by atoms with Crippen molar-refractivity contribution < 1.29 is 9.78 Å². The lowest BCUT2D eigenvalue weighted by Gasteiger charge is -2.41. The summed E-state index contributed by atoms with van der Waals surface area (Å²) in [4.78, 5) is 28.8. The van der Waals surface area contributed by atoms with Crippen LogP contribution in [0.5, 0.6) is 0 Å². The molecule has 5 nitrogen and oxygen atoms in total. The predicted octanol–water partition coefficient (Wildman–Crippen LogP) is 1.75. The molecule has 1 aromatic rings. The van der Waals surface area contributed by atoms with Crippen molar-refractivity contribution in [2.24, 2.45) is 5.92 Å². The van der Waals surface area contributed by atoms with Crippen molar-refractivity contribution in [1.29, 1.82) is 0 Å². The van der Waals surface area contributed by atoms with E-state index in [1.54, 1.807) is 6.20 Å². The second-order valence-corrected chi connectivity index (χ2v) is 5.38. The summed E-state index contributed by atoms with van der Waals surface area (Å²) >= 11 is 0. The van der Waals surface area contributed by atoms with E-state index in [4.69, 9.17) is 9.78 Å². The van der Waals surface area contributed by atoms with Crippen molar-refractivity contribution in [3.8, 4) is 0 Å². The molecule has 2 rings (SSSR count). The van der Waals surface area contributed by atoms with E-state index in [2.05, 4.69) is 23.8 Å². The number of nitrogens with one attached hydrogen (secondary N) is 1. The zero-order valence-electron chi connectivity index (χ0n) is 10.6. The second kappa shape index (κ2) is 4.23. The SMILES string of the molecule is CC(C)Cc1ncc([C@H]2OOC2(C)C)[nH]c1=O. The highest BCUT2D eigenvalue weighted by atomic mass is 17.3. The van der Waals surface area contributed by atoms with Gasteiger partial charge in [0.1, 0.15) is 11.3 Å². The number of hydrogen-bond acceptors (Lipinski definition) is 4. The first-order chi connectivity index (χ1) is 7.90. The summed E-state index contributed by atoms with van der Waals surface area (Å²) in [6.45, 7) is 7.92. The quantitative estimate of drug-likeness (QED) is 0.815. The molecule has 1 fully saturated rings. The summed E-state index contributed by atoms with van der Waals surface area (Å²) in [5.41, 5.74) is 0.688. The first kappa shape index (κ1) is 12.3. The molecule has 0 unspecified atom stereocenters. The molecule has 0 aliphatic carbocycles. The van der Waals surface area contributed by atoms with Crippen molar-refractivity contribution in [3.63, 3.8) is 0 Å². The molecule has 1 aliphatic heterocycles. The molecule has 0 bridgehead atoms. The fourth-order valence-electron chi connectivity index (χ4n) is 1.82. The average Bonchev–Trinajstić information content (AvgIpc) is 2.20. The van der Waals surface area contributed by atoms with Crippen LogP contribution in [0.1, 0.15) is 45.2 Å². The molecule has 0 radical (unpaired) electrons. The molecule has 1 atom stereocenters. The van der Waals surface area contributed by atoms with Crippen LogP contribution in [0.15, 0.2) is 11.0 Å². The van der Waals surface area contributed by atoms with Gasteiger partial charge in [-0.15, -0.1) is 0 Å². The minimum Gasteiger partial charge on any atom is -0.321 e. The summed E-state index contributed by atoms with van der Waals surface area (Å²) in [6, 6.07) is 0. The van der Waals surface area contributed by atoms with Crippen LogP contribution in [0.25, 0.3) is 0 Å². The van der Waals surface area contributed by atoms with Crippen LogP contribution in [-0.4, -0.2) is 15.6 Å². The second-order valence-electron chi connectivity index (χ2n) is 5.38. The topological polar surface area (TPSA) is 64.2 Å². The number of aromatic nitrogens is 2. The third-order valence-corrected chi connectivity index (χ3v) is 2.75. The van der Waals surface area contributed by atoms with E-state index in [9.17, 15) is 4.79 Å². The van der Waals surface area contributed by atoms with Gasteiger partial charge in [-0.1, -0.05) is 13.8 Å². The van der Waals surface area contributed by atoms with Crippen molar-refractivity contribution in [2.75, 3.05) is 0 Å². The van der Waals surface area contributed by atoms with E-state index in [-0.39, 0.29) is 11.7 Å². The highest BCUT2D eigenvalue weighted by Gasteiger charge is 2.45. The molecule has 0 amide bonds. The first-order valence-electron chi connectivity index (χ1n) is 5.82. The van der Waals surface area contributed by atoms with Gasteiger partial charge in [-0.05, 0) is 26.2 Å². The van der Waals surface area contributed by atoms with E-state index < -0.39 is 5.60 Å². The third kappa shape index (κ3) is 2.40. The average molecular weight is 238 g/mol. The fraction of sp³-hybridized carbons (Fsp3) is 0.667. The lowest BCUT2D eigenvalue weighted by atomic mass is 9.97. The minimum atomic E-state index is -0.413. The highest BCUT2D eigenvalue weighted by molar-refractivity contribution is 5.10. The molecule has 0 aromatic carbocycles. The van der Waals surface area contributed by atoms with Gasteiger partial charge in [0, 0.05) is 6.20 Å². The summed E-state index contributed by atoms with van der Waals surface area (Å²) in [5.74, 6) is 0.411. The van der Waals surface area contributed by atoms with E-state index in [0.29, 0.717) is 23.7 Å². The Labute approximate surface area is 100 Å². The molecule has 1 aromatic heterocycles. The number of rotatable bonds is 3. The molecule has 1 aliphatic rings. The van der Waals surface area contributed by atoms with Gasteiger partial charge in [0.25, 0.3) is 5.56 Å². The molecular weight excluding hydrogens is 220 g/mol. The number of aromatic amines is 1. The molecule has 94 valence electrons. The molecule has 5 heteroatoms. The van der Waals surface area contributed by atoms with Crippen LogP contribution in [0, 0.1) is 5.92 Å². The van der Waals surface area contributed by atoms with Crippen LogP contribution < -0.4 is 5.56 Å². The Kier molecular flexibility index (Phi) is 3.05. The van der Waals surface area contributed by atoms with Gasteiger partial charge in [-0.2, -0.15) is 0 Å². The van der Waals surface area contributed by atoms with E-state index in [0.717, 1.165) is 0 Å². The molecule has 0 saturated carbocycles. The number of hydrogen-bond donors (Lipinski definition) is 1. The van der Waals surface area contributed by atoms with E-state index in [1.807, 2.05) is 13.8 Å². The summed E-state index contributed by atoms with van der Waals surface area (Å²) < 4.78 is 0. The molecule has 0 spiro atoms. The Morgan fingerprint density at radius 3 is 2.65 bits per heavy atom. The maximum Gasteiger partial charge on any atom is 0.269 e. The monoisotopic (exact) mass is 238 g/mol. The van der Waals surface area contributed by atoms with Gasteiger partial charge in [0.15, 0.2) is 6.10 Å². The predicted molar refractivity (Wildman–Crippen MR) is 62.4 cm³/mol. The molecule has 1 N–H and O–H groups in total. The maximum absolute atomic E-state index is 11.8. The van der Waals surface area contributed by atoms with Gasteiger partial charge in [-0.25, -0.2) is 9.78 Å². The standard InChI is InChI=1S/C12H18N2O3/c1-7(2)5-8-11(15)14-9(6-13-8)10-12(3,4)17-16-10/h6-7,10H,5H2,1-4H3,(H,14,15)/t10-/m1/s1. The fourth-order valence-corrected chi connectivity index (χ4v) is 1.82. The highest BCUT2D eigenvalue weighted by Crippen LogP contribution is 2.40. The van der Waals surface area contributed by atoms with Crippen molar-refractivity contribution in [3.05, 3.63) is 27.9 Å². The third-order valence-electron chi connectivity index (χ3n) is 2.75. The minimum absolute atomic E-state index is 0.137. The van der Waals surface area contributed by atoms with Crippen LogP contribution in [0.4, 0.5) is 0 Å². The van der Waals surface area contributed by atoms with Gasteiger partial charge in [-0.3, -0.25) is 9.78 Å². The van der Waals surface area contributed by atoms with E-state index >= 15 is 0 Å². The Balaban J connectivity index is 2.23. The lowest BCUT2D eigenvalue weighted by molar-refractivity contribution is -0.507. The normalized spacial score (nSPS) is 22.5. The van der Waals surface area contributed by atoms with Crippen molar-refractivity contribution in [2.45, 2.75) is 45.8 Å². The molecule has 2 heterocycles. The Bertz CT molecular complexity index is 465. The Morgan fingerprint density at radius 1 is 1.53 bits per heavy atom. The van der Waals surface area contributed by atoms with Crippen LogP contribution in [-0.2, 0) is 16.2 Å². The number of nitrogens with zero attached hydrogens (tertiary/aromatic N) is 1. The zero-order valence-corrected chi connectivity index (χ0v) is 10.6. The smallest absolute Gasteiger partial charge is 0.269 e. The Morgan fingerprint density at radius 2 is 2.24 bits per heavy atom. The van der Waals surface area contributed by atoms with Crippen molar-refractivity contribution in [1.82, 2.24) is 9.97 Å².